The van der Waals surface area contributed by atoms with E-state index in [9.17, 15) is 4.79 Å². The third kappa shape index (κ3) is 4.87. The maximum Gasteiger partial charge on any atom is 0.251 e. The molecule has 134 valence electrons. The smallest absolute Gasteiger partial charge is 0.251 e. The molecule has 1 aromatic carbocycles. The predicted octanol–water partition coefficient (Wildman–Crippen LogP) is 1.62. The molecule has 1 fully saturated rings. The van der Waals surface area contributed by atoms with Gasteiger partial charge >= 0.3 is 0 Å². The highest BCUT2D eigenvalue weighted by molar-refractivity contribution is 5.94. The van der Waals surface area contributed by atoms with Gasteiger partial charge in [0.15, 0.2) is 5.82 Å². The Hall–Kier alpha value is -2.25. The summed E-state index contributed by atoms with van der Waals surface area (Å²) in [7, 11) is 0. The summed E-state index contributed by atoms with van der Waals surface area (Å²) < 4.78 is 5.35. The Balaban J connectivity index is 1.50. The lowest BCUT2D eigenvalue weighted by molar-refractivity contribution is 0.0363. The van der Waals surface area contributed by atoms with Crippen molar-refractivity contribution in [2.24, 2.45) is 0 Å². The summed E-state index contributed by atoms with van der Waals surface area (Å²) in [4.78, 5) is 19.0. The third-order valence-electron chi connectivity index (χ3n) is 4.36. The molecule has 1 aliphatic heterocycles. The zero-order chi connectivity index (χ0) is 17.6. The Labute approximate surface area is 147 Å². The fraction of sp³-hybridized carbons (Fsp3) is 0.500. The molecule has 0 spiro atoms. The van der Waals surface area contributed by atoms with E-state index in [1.54, 1.807) is 0 Å². The van der Waals surface area contributed by atoms with Gasteiger partial charge in [0.1, 0.15) is 5.82 Å². The van der Waals surface area contributed by atoms with Crippen molar-refractivity contribution in [2.45, 2.75) is 26.3 Å². The van der Waals surface area contributed by atoms with Crippen LogP contribution in [0.1, 0.15) is 29.5 Å². The van der Waals surface area contributed by atoms with Crippen LogP contribution in [0.3, 0.4) is 0 Å². The van der Waals surface area contributed by atoms with Crippen LogP contribution in [0.25, 0.3) is 11.4 Å². The zero-order valence-corrected chi connectivity index (χ0v) is 14.8. The molecule has 7 nitrogen and oxygen atoms in total. The first-order chi connectivity index (χ1) is 12.1. The summed E-state index contributed by atoms with van der Waals surface area (Å²) in [6.45, 7) is 8.44. The van der Waals surface area contributed by atoms with Crippen LogP contribution in [-0.4, -0.2) is 64.9 Å². The Bertz CT molecular complexity index is 692. The molecule has 2 N–H and O–H groups in total. The minimum absolute atomic E-state index is 0.0489. The van der Waals surface area contributed by atoms with E-state index in [4.69, 9.17) is 4.74 Å². The van der Waals surface area contributed by atoms with Gasteiger partial charge in [-0.2, -0.15) is 5.10 Å². The van der Waals surface area contributed by atoms with E-state index < -0.39 is 0 Å². The SMILES string of the molecule is Cc1nc(-c2ccc(C(=O)N[C@@H](C)CCN3CCOCC3)cc2)n[nH]1. The lowest BCUT2D eigenvalue weighted by atomic mass is 10.1. The van der Waals surface area contributed by atoms with Gasteiger partial charge in [0, 0.05) is 36.8 Å². The first-order valence-corrected chi connectivity index (χ1v) is 8.72. The second-order valence-corrected chi connectivity index (χ2v) is 6.44. The Morgan fingerprint density at radius 1 is 1.32 bits per heavy atom. The summed E-state index contributed by atoms with van der Waals surface area (Å²) in [5, 5.41) is 10.0. The minimum Gasteiger partial charge on any atom is -0.379 e. The van der Waals surface area contributed by atoms with Gasteiger partial charge < -0.3 is 10.1 Å². The number of hydrogen-bond acceptors (Lipinski definition) is 5. The van der Waals surface area contributed by atoms with E-state index in [0.29, 0.717) is 11.4 Å². The largest absolute Gasteiger partial charge is 0.379 e. The number of morpholine rings is 1. The van der Waals surface area contributed by atoms with Crippen LogP contribution in [-0.2, 0) is 4.74 Å². The molecule has 2 aromatic rings. The molecular weight excluding hydrogens is 318 g/mol. The number of H-pyrrole nitrogens is 1. The molecule has 3 rings (SSSR count). The molecule has 0 aliphatic carbocycles. The number of nitrogens with zero attached hydrogens (tertiary/aromatic N) is 3. The van der Waals surface area contributed by atoms with E-state index in [1.165, 1.54) is 0 Å². The van der Waals surface area contributed by atoms with E-state index in [-0.39, 0.29) is 11.9 Å². The van der Waals surface area contributed by atoms with Gasteiger partial charge in [-0.1, -0.05) is 12.1 Å². The standard InChI is InChI=1S/C18H25N5O2/c1-13(7-8-23-9-11-25-12-10-23)19-18(24)16-5-3-15(4-6-16)17-20-14(2)21-22-17/h3-6,13H,7-12H2,1-2H3,(H,19,24)(H,20,21,22)/t13-/m0/s1. The van der Waals surface area contributed by atoms with Crippen LogP contribution in [0.15, 0.2) is 24.3 Å². The number of hydrogen-bond donors (Lipinski definition) is 2. The van der Waals surface area contributed by atoms with E-state index in [2.05, 4.69) is 25.4 Å². The molecular formula is C18H25N5O2. The van der Waals surface area contributed by atoms with Crippen LogP contribution in [0.2, 0.25) is 0 Å². The lowest BCUT2D eigenvalue weighted by Crippen LogP contribution is -2.40. The fourth-order valence-electron chi connectivity index (χ4n) is 2.82. The van der Waals surface area contributed by atoms with Gasteiger partial charge in [0.2, 0.25) is 0 Å². The average molecular weight is 343 g/mol. The fourth-order valence-corrected chi connectivity index (χ4v) is 2.82. The van der Waals surface area contributed by atoms with Crippen molar-refractivity contribution in [1.29, 1.82) is 0 Å². The summed E-state index contributed by atoms with van der Waals surface area (Å²) >= 11 is 0. The van der Waals surface area contributed by atoms with Gasteiger partial charge in [0.25, 0.3) is 5.91 Å². The second kappa shape index (κ2) is 8.22. The van der Waals surface area contributed by atoms with Gasteiger partial charge in [-0.15, -0.1) is 0 Å². The molecule has 0 bridgehead atoms. The number of ether oxygens (including phenoxy) is 1. The second-order valence-electron chi connectivity index (χ2n) is 6.44. The molecule has 0 saturated carbocycles. The van der Waals surface area contributed by atoms with Crippen molar-refractivity contribution in [3.63, 3.8) is 0 Å². The monoisotopic (exact) mass is 343 g/mol. The van der Waals surface area contributed by atoms with E-state index >= 15 is 0 Å². The molecule has 2 heterocycles. The van der Waals surface area contributed by atoms with Crippen LogP contribution in [0.4, 0.5) is 0 Å². The van der Waals surface area contributed by atoms with Gasteiger partial charge in [0.05, 0.1) is 13.2 Å². The minimum atomic E-state index is -0.0489. The quantitative estimate of drug-likeness (QED) is 0.833. The highest BCUT2D eigenvalue weighted by atomic mass is 16.5. The predicted molar refractivity (Wildman–Crippen MR) is 95.4 cm³/mol. The topological polar surface area (TPSA) is 83.1 Å². The number of aryl methyl sites for hydroxylation is 1. The van der Waals surface area contributed by atoms with Crippen LogP contribution < -0.4 is 5.32 Å². The van der Waals surface area contributed by atoms with Crippen LogP contribution in [0.5, 0.6) is 0 Å². The summed E-state index contributed by atoms with van der Waals surface area (Å²) in [6, 6.07) is 7.49. The molecule has 0 unspecified atom stereocenters. The molecule has 0 radical (unpaired) electrons. The molecule has 25 heavy (non-hydrogen) atoms. The normalized spacial score (nSPS) is 16.6. The van der Waals surface area contributed by atoms with Gasteiger partial charge in [-0.3, -0.25) is 14.8 Å². The first-order valence-electron chi connectivity index (χ1n) is 8.72. The number of rotatable bonds is 6. The van der Waals surface area contributed by atoms with Crippen molar-refractivity contribution >= 4 is 5.91 Å². The first kappa shape index (κ1) is 17.6. The number of amides is 1. The maximum absolute atomic E-state index is 12.4. The van der Waals surface area contributed by atoms with Crippen molar-refractivity contribution in [1.82, 2.24) is 25.4 Å². The zero-order valence-electron chi connectivity index (χ0n) is 14.8. The van der Waals surface area contributed by atoms with Crippen LogP contribution in [0, 0.1) is 6.92 Å². The van der Waals surface area contributed by atoms with Crippen molar-refractivity contribution < 1.29 is 9.53 Å². The number of carbonyl (C=O) groups excluding carboxylic acids is 1. The Kier molecular flexibility index (Phi) is 5.78. The van der Waals surface area contributed by atoms with Crippen molar-refractivity contribution in [3.05, 3.63) is 35.7 Å². The van der Waals surface area contributed by atoms with Gasteiger partial charge in [-0.25, -0.2) is 4.98 Å². The lowest BCUT2D eigenvalue weighted by Gasteiger charge is -2.27. The highest BCUT2D eigenvalue weighted by Crippen LogP contribution is 2.15. The average Bonchev–Trinajstić information content (AvgIpc) is 3.07. The van der Waals surface area contributed by atoms with Gasteiger partial charge in [-0.05, 0) is 32.4 Å². The van der Waals surface area contributed by atoms with Crippen molar-refractivity contribution in [2.75, 3.05) is 32.8 Å². The van der Waals surface area contributed by atoms with E-state index in [0.717, 1.165) is 50.7 Å². The Morgan fingerprint density at radius 3 is 2.68 bits per heavy atom. The van der Waals surface area contributed by atoms with Crippen LogP contribution >= 0.6 is 0 Å². The summed E-state index contributed by atoms with van der Waals surface area (Å²) in [5.41, 5.74) is 1.54. The molecule has 1 amide bonds. The highest BCUT2D eigenvalue weighted by Gasteiger charge is 2.14. The molecule has 1 atom stereocenters. The third-order valence-corrected chi connectivity index (χ3v) is 4.36. The molecule has 1 aromatic heterocycles. The number of aromatic nitrogens is 3. The summed E-state index contributed by atoms with van der Waals surface area (Å²) in [5.74, 6) is 1.36. The molecule has 7 heteroatoms. The molecule has 1 saturated heterocycles. The Morgan fingerprint density at radius 2 is 2.04 bits per heavy atom. The van der Waals surface area contributed by atoms with E-state index in [1.807, 2.05) is 38.1 Å². The number of nitrogens with one attached hydrogen (secondary N) is 2. The molecule has 1 aliphatic rings. The van der Waals surface area contributed by atoms with Crippen molar-refractivity contribution in [3.8, 4) is 11.4 Å². The number of benzene rings is 1. The number of aromatic amines is 1. The summed E-state index contributed by atoms with van der Waals surface area (Å²) in [6.07, 6.45) is 0.931. The number of carbonyl (C=O) groups is 1. The maximum atomic E-state index is 12.4.